The minimum Gasteiger partial charge on any atom is -0.534 e. The number of methoxy groups -OCH3 is 1. The predicted octanol–water partition coefficient (Wildman–Crippen LogP) is 2.40. The van der Waals surface area contributed by atoms with Crippen LogP contribution in [-0.2, 0) is 18.8 Å². The van der Waals surface area contributed by atoms with Crippen molar-refractivity contribution in [1.82, 2.24) is 0 Å². The van der Waals surface area contributed by atoms with Gasteiger partial charge in [-0.3, -0.25) is 4.79 Å². The number of hydrogen-bond donors (Lipinski definition) is 0. The number of rotatable bonds is 5. The van der Waals surface area contributed by atoms with E-state index in [9.17, 15) is 4.79 Å². The number of esters is 1. The van der Waals surface area contributed by atoms with Crippen LogP contribution in [0, 0.1) is 0 Å². The van der Waals surface area contributed by atoms with Gasteiger partial charge in [-0.2, -0.15) is 0 Å². The van der Waals surface area contributed by atoms with E-state index in [1.54, 1.807) is 20.1 Å². The first-order valence-electron chi connectivity index (χ1n) is 7.68. The third-order valence-electron chi connectivity index (χ3n) is 3.97. The summed E-state index contributed by atoms with van der Waals surface area (Å²) in [6.45, 7) is 11.6. The van der Waals surface area contributed by atoms with Crippen LogP contribution in [0.1, 0.15) is 39.2 Å². The molecule has 1 aliphatic rings. The van der Waals surface area contributed by atoms with Crippen LogP contribution in [0.15, 0.2) is 30.5 Å². The highest BCUT2D eigenvalue weighted by Gasteiger charge is 2.44. The summed E-state index contributed by atoms with van der Waals surface area (Å²) in [5.74, 6) is 0.563. The molecule has 0 spiro atoms. The van der Waals surface area contributed by atoms with E-state index < -0.39 is 12.7 Å². The summed E-state index contributed by atoms with van der Waals surface area (Å²) in [5, 5.41) is 0. The highest BCUT2D eigenvalue weighted by molar-refractivity contribution is 6.63. The molecule has 6 heteroatoms. The van der Waals surface area contributed by atoms with Crippen molar-refractivity contribution in [2.75, 3.05) is 13.7 Å². The number of ether oxygens (including phenoxy) is 2. The van der Waals surface area contributed by atoms with E-state index in [1.165, 1.54) is 0 Å². The maximum atomic E-state index is 12.0. The summed E-state index contributed by atoms with van der Waals surface area (Å²) in [6.07, 6.45) is 0. The fraction of sp³-hybridized carbons (Fsp3) is 0.471. The first-order chi connectivity index (χ1) is 10.8. The average Bonchev–Trinajstić information content (AvgIpc) is 2.79. The summed E-state index contributed by atoms with van der Waals surface area (Å²) in [7, 11) is 0.976. The van der Waals surface area contributed by atoms with Crippen LogP contribution in [0.25, 0.3) is 0 Å². The van der Waals surface area contributed by atoms with Gasteiger partial charge in [0.15, 0.2) is 0 Å². The number of hydrogen-bond acceptors (Lipinski definition) is 5. The van der Waals surface area contributed by atoms with Gasteiger partial charge in [-0.05, 0) is 39.3 Å². The summed E-state index contributed by atoms with van der Waals surface area (Å²) in [4.78, 5) is 12.0. The molecule has 124 valence electrons. The maximum absolute atomic E-state index is 12.0. The molecular formula is C17H23BO5. The number of carbonyl (C=O) groups excluding carboxylic acids is 1. The molecule has 0 N–H and O–H groups in total. The highest BCUT2D eigenvalue weighted by Crippen LogP contribution is 2.31. The molecular weight excluding hydrogens is 295 g/mol. The molecule has 1 atom stereocenters. The average molecular weight is 318 g/mol. The van der Waals surface area contributed by atoms with Crippen molar-refractivity contribution in [3.8, 4) is 5.75 Å². The zero-order chi connectivity index (χ0) is 17.2. The minimum absolute atomic E-state index is 0.262. The van der Waals surface area contributed by atoms with E-state index in [0.29, 0.717) is 18.1 Å². The molecule has 0 radical (unpaired) electrons. The Morgan fingerprint density at radius 3 is 2.65 bits per heavy atom. The molecule has 1 aromatic carbocycles. The summed E-state index contributed by atoms with van der Waals surface area (Å²) >= 11 is 0. The van der Waals surface area contributed by atoms with Gasteiger partial charge < -0.3 is 18.8 Å². The molecule has 0 bridgehead atoms. The Morgan fingerprint density at radius 1 is 1.43 bits per heavy atom. The van der Waals surface area contributed by atoms with E-state index in [2.05, 4.69) is 6.58 Å². The number of carbonyl (C=O) groups is 1. The third-order valence-corrected chi connectivity index (χ3v) is 3.97. The molecule has 1 aromatic rings. The second-order valence-corrected chi connectivity index (χ2v) is 5.98. The van der Waals surface area contributed by atoms with Crippen molar-refractivity contribution in [3.05, 3.63) is 36.1 Å². The normalized spacial score (nSPS) is 17.6. The van der Waals surface area contributed by atoms with Crippen LogP contribution < -0.4 is 10.2 Å². The Balaban J connectivity index is 2.34. The van der Waals surface area contributed by atoms with Gasteiger partial charge in [0.05, 0.1) is 25.4 Å². The molecule has 0 aromatic heterocycles. The smallest absolute Gasteiger partial charge is 0.534 e. The molecule has 1 fully saturated rings. The summed E-state index contributed by atoms with van der Waals surface area (Å²) < 4.78 is 22.1. The topological polar surface area (TPSA) is 54.0 Å². The van der Waals surface area contributed by atoms with E-state index in [4.69, 9.17) is 18.8 Å². The minimum atomic E-state index is -0.609. The SMILES string of the molecule is C=C1OB(c2cc(C(C)C(=O)OCC)ccc2OC)OC1(C)C. The Kier molecular flexibility index (Phi) is 5.04. The molecule has 1 saturated heterocycles. The molecule has 1 aliphatic heterocycles. The van der Waals surface area contributed by atoms with Crippen molar-refractivity contribution in [1.29, 1.82) is 0 Å². The van der Waals surface area contributed by atoms with Crippen LogP contribution >= 0.6 is 0 Å². The van der Waals surface area contributed by atoms with Gasteiger partial charge in [-0.15, -0.1) is 0 Å². The summed E-state index contributed by atoms with van der Waals surface area (Å²) in [6, 6.07) is 5.51. The van der Waals surface area contributed by atoms with Crippen LogP contribution in [0.3, 0.4) is 0 Å². The van der Waals surface area contributed by atoms with E-state index >= 15 is 0 Å². The standard InChI is InChI=1S/C17H23BO5/c1-7-21-16(19)11(2)13-8-9-15(20-6)14(10-13)18-22-12(3)17(4,5)23-18/h8-11H,3,7H2,1-2,4-6H3. The lowest BCUT2D eigenvalue weighted by molar-refractivity contribution is -0.144. The van der Waals surface area contributed by atoms with Crippen LogP contribution in [0.4, 0.5) is 0 Å². The molecule has 0 aliphatic carbocycles. The fourth-order valence-corrected chi connectivity index (χ4v) is 2.37. The predicted molar refractivity (Wildman–Crippen MR) is 88.8 cm³/mol. The van der Waals surface area contributed by atoms with Crippen LogP contribution in [0.2, 0.25) is 0 Å². The van der Waals surface area contributed by atoms with Crippen LogP contribution in [-0.4, -0.2) is 32.4 Å². The highest BCUT2D eigenvalue weighted by atomic mass is 16.7. The van der Waals surface area contributed by atoms with Crippen LogP contribution in [0.5, 0.6) is 5.75 Å². The molecule has 0 amide bonds. The quantitative estimate of drug-likeness (QED) is 0.616. The van der Waals surface area contributed by atoms with Gasteiger partial charge in [0, 0.05) is 5.46 Å². The molecule has 1 unspecified atom stereocenters. The van der Waals surface area contributed by atoms with Crippen molar-refractivity contribution >= 4 is 18.6 Å². The van der Waals surface area contributed by atoms with Gasteiger partial charge in [0.1, 0.15) is 11.4 Å². The lowest BCUT2D eigenvalue weighted by atomic mass is 9.76. The lowest BCUT2D eigenvalue weighted by Crippen LogP contribution is -2.36. The lowest BCUT2D eigenvalue weighted by Gasteiger charge is -2.17. The van der Waals surface area contributed by atoms with Crippen molar-refractivity contribution in [2.24, 2.45) is 0 Å². The second kappa shape index (κ2) is 6.66. The van der Waals surface area contributed by atoms with Gasteiger partial charge in [0.25, 0.3) is 0 Å². The van der Waals surface area contributed by atoms with E-state index in [0.717, 1.165) is 11.0 Å². The largest absolute Gasteiger partial charge is 0.567 e. The zero-order valence-electron chi connectivity index (χ0n) is 14.3. The first kappa shape index (κ1) is 17.4. The molecule has 23 heavy (non-hydrogen) atoms. The fourth-order valence-electron chi connectivity index (χ4n) is 2.37. The van der Waals surface area contributed by atoms with Crippen molar-refractivity contribution < 1.29 is 23.6 Å². The Hall–Kier alpha value is -1.95. The molecule has 1 heterocycles. The van der Waals surface area contributed by atoms with E-state index in [-0.39, 0.29) is 11.9 Å². The van der Waals surface area contributed by atoms with Gasteiger partial charge in [-0.25, -0.2) is 0 Å². The zero-order valence-corrected chi connectivity index (χ0v) is 14.3. The summed E-state index contributed by atoms with van der Waals surface area (Å²) in [5.41, 5.74) is 0.980. The maximum Gasteiger partial charge on any atom is 0.567 e. The van der Waals surface area contributed by atoms with Gasteiger partial charge in [-0.1, -0.05) is 18.7 Å². The van der Waals surface area contributed by atoms with Gasteiger partial charge >= 0.3 is 13.1 Å². The van der Waals surface area contributed by atoms with Crippen molar-refractivity contribution in [2.45, 2.75) is 39.2 Å². The second-order valence-electron chi connectivity index (χ2n) is 5.98. The number of benzene rings is 1. The monoisotopic (exact) mass is 318 g/mol. The third kappa shape index (κ3) is 3.53. The van der Waals surface area contributed by atoms with E-state index in [1.807, 2.05) is 32.9 Å². The Labute approximate surface area is 137 Å². The molecule has 2 rings (SSSR count). The molecule has 0 saturated carbocycles. The Morgan fingerprint density at radius 2 is 2.13 bits per heavy atom. The molecule has 5 nitrogen and oxygen atoms in total. The van der Waals surface area contributed by atoms with Gasteiger partial charge in [0.2, 0.25) is 0 Å². The first-order valence-corrected chi connectivity index (χ1v) is 7.68. The Bertz CT molecular complexity index is 611. The van der Waals surface area contributed by atoms with Crippen molar-refractivity contribution in [3.63, 3.8) is 0 Å².